The predicted octanol–water partition coefficient (Wildman–Crippen LogP) is 6.31. The Hall–Kier alpha value is -3.24. The Bertz CT molecular complexity index is 1090. The van der Waals surface area contributed by atoms with Crippen molar-refractivity contribution >= 4 is 12.1 Å². The second-order valence-electron chi connectivity index (χ2n) is 9.39. The Morgan fingerprint density at radius 3 is 2.00 bits per heavy atom. The van der Waals surface area contributed by atoms with Crippen molar-refractivity contribution in [3.63, 3.8) is 0 Å². The lowest BCUT2D eigenvalue weighted by Gasteiger charge is -2.27. The first-order valence-electron chi connectivity index (χ1n) is 11.8. The lowest BCUT2D eigenvalue weighted by molar-refractivity contribution is -0.128. The number of amides is 1. The number of benzene rings is 3. The first-order chi connectivity index (χ1) is 15.9. The molecule has 33 heavy (non-hydrogen) atoms. The summed E-state index contributed by atoms with van der Waals surface area (Å²) in [6.45, 7) is 9.78. The van der Waals surface area contributed by atoms with E-state index in [2.05, 4.69) is 98.4 Å². The van der Waals surface area contributed by atoms with Crippen molar-refractivity contribution < 1.29 is 4.79 Å². The lowest BCUT2D eigenvalue weighted by atomic mass is 10.0. The molecule has 4 heteroatoms. The third-order valence-corrected chi connectivity index (χ3v) is 6.24. The number of nitrogens with zero attached hydrogens (tertiary/aromatic N) is 3. The number of hydrogen-bond donors (Lipinski definition) is 0. The molecule has 0 bridgehead atoms. The zero-order valence-corrected chi connectivity index (χ0v) is 20.0. The molecule has 0 spiro atoms. The van der Waals surface area contributed by atoms with Gasteiger partial charge in [-0.25, -0.2) is 5.01 Å². The zero-order valence-electron chi connectivity index (χ0n) is 20.0. The number of carbonyl (C=O) groups is 1. The summed E-state index contributed by atoms with van der Waals surface area (Å²) in [6, 6.07) is 27.3. The largest absolute Gasteiger partial charge is 0.271 e. The molecule has 1 fully saturated rings. The molecule has 1 aliphatic rings. The van der Waals surface area contributed by atoms with Crippen LogP contribution in [-0.4, -0.2) is 28.6 Å². The van der Waals surface area contributed by atoms with Crippen molar-refractivity contribution in [2.75, 3.05) is 6.54 Å². The molecule has 0 N–H and O–H groups in total. The summed E-state index contributed by atoms with van der Waals surface area (Å²) in [4.78, 5) is 15.3. The highest BCUT2D eigenvalue weighted by Gasteiger charge is 2.39. The second-order valence-corrected chi connectivity index (χ2v) is 9.39. The molecule has 1 aliphatic heterocycles. The highest BCUT2D eigenvalue weighted by Crippen LogP contribution is 2.33. The van der Waals surface area contributed by atoms with Crippen LogP contribution in [0.1, 0.15) is 73.5 Å². The summed E-state index contributed by atoms with van der Waals surface area (Å²) >= 11 is 0. The number of hydrogen-bond acceptors (Lipinski definition) is 3. The van der Waals surface area contributed by atoms with Crippen LogP contribution in [0.5, 0.6) is 0 Å². The Kier molecular flexibility index (Phi) is 7.05. The predicted molar refractivity (Wildman–Crippen MR) is 135 cm³/mol. The molecule has 0 aliphatic carbocycles. The summed E-state index contributed by atoms with van der Waals surface area (Å²) in [6.07, 6.45) is 1.56. The van der Waals surface area contributed by atoms with Crippen molar-refractivity contribution in [1.29, 1.82) is 0 Å². The molecule has 1 amide bonds. The van der Waals surface area contributed by atoms with Gasteiger partial charge >= 0.3 is 0 Å². The van der Waals surface area contributed by atoms with E-state index in [0.29, 0.717) is 24.9 Å². The standard InChI is InChI=1S/C29H33N3O/c1-21(2)25-12-10-23(11-13-25)18-30-32-28(33)20-31(19-24-8-6-5-7-9-24)29(32)27-16-14-26(15-17-27)22(3)4/h5-18,21-22,29H,19-20H2,1-4H3/b30-18-/t29-/m1/s1. The molecular formula is C29H33N3O. The average molecular weight is 440 g/mol. The van der Waals surface area contributed by atoms with Crippen LogP contribution in [0.3, 0.4) is 0 Å². The van der Waals surface area contributed by atoms with Crippen LogP contribution in [-0.2, 0) is 11.3 Å². The van der Waals surface area contributed by atoms with E-state index in [-0.39, 0.29) is 12.1 Å². The Morgan fingerprint density at radius 2 is 1.42 bits per heavy atom. The third kappa shape index (κ3) is 5.40. The quantitative estimate of drug-likeness (QED) is 0.404. The summed E-state index contributed by atoms with van der Waals surface area (Å²) in [5, 5.41) is 6.32. The zero-order chi connectivity index (χ0) is 23.4. The number of rotatable bonds is 7. The topological polar surface area (TPSA) is 35.9 Å². The fraction of sp³-hybridized carbons (Fsp3) is 0.310. The van der Waals surface area contributed by atoms with Crippen LogP contribution in [0, 0.1) is 0 Å². The number of hydrazone groups is 1. The molecule has 4 nitrogen and oxygen atoms in total. The molecule has 4 rings (SSSR count). The van der Waals surface area contributed by atoms with E-state index in [1.165, 1.54) is 16.7 Å². The molecule has 0 aromatic heterocycles. The van der Waals surface area contributed by atoms with E-state index in [1.807, 2.05) is 18.2 Å². The maximum Gasteiger partial charge on any atom is 0.258 e. The van der Waals surface area contributed by atoms with E-state index < -0.39 is 0 Å². The normalized spacial score (nSPS) is 17.1. The van der Waals surface area contributed by atoms with Crippen LogP contribution in [0.4, 0.5) is 0 Å². The maximum atomic E-state index is 13.1. The van der Waals surface area contributed by atoms with Crippen molar-refractivity contribution in [3.8, 4) is 0 Å². The third-order valence-electron chi connectivity index (χ3n) is 6.24. The molecule has 170 valence electrons. The van der Waals surface area contributed by atoms with Gasteiger partial charge in [0.05, 0.1) is 12.8 Å². The van der Waals surface area contributed by atoms with Crippen molar-refractivity contribution in [1.82, 2.24) is 9.91 Å². The lowest BCUT2D eigenvalue weighted by Crippen LogP contribution is -2.28. The first-order valence-corrected chi connectivity index (χ1v) is 11.8. The molecule has 0 unspecified atom stereocenters. The van der Waals surface area contributed by atoms with Crippen molar-refractivity contribution in [2.24, 2.45) is 5.10 Å². The van der Waals surface area contributed by atoms with Gasteiger partial charge in [0.1, 0.15) is 6.17 Å². The maximum absolute atomic E-state index is 13.1. The van der Waals surface area contributed by atoms with Crippen LogP contribution in [0.25, 0.3) is 0 Å². The first kappa shape index (κ1) is 22.9. The second kappa shape index (κ2) is 10.1. The van der Waals surface area contributed by atoms with E-state index in [4.69, 9.17) is 0 Å². The fourth-order valence-corrected chi connectivity index (χ4v) is 4.21. The number of carbonyl (C=O) groups excluding carboxylic acids is 1. The summed E-state index contributed by atoms with van der Waals surface area (Å²) in [7, 11) is 0. The monoisotopic (exact) mass is 439 g/mol. The van der Waals surface area contributed by atoms with Gasteiger partial charge < -0.3 is 0 Å². The highest BCUT2D eigenvalue weighted by atomic mass is 16.2. The van der Waals surface area contributed by atoms with Crippen LogP contribution < -0.4 is 0 Å². The highest BCUT2D eigenvalue weighted by molar-refractivity contribution is 5.84. The minimum atomic E-state index is -0.231. The van der Waals surface area contributed by atoms with Gasteiger partial charge in [-0.15, -0.1) is 0 Å². The molecule has 0 saturated carbocycles. The van der Waals surface area contributed by atoms with Crippen LogP contribution in [0.15, 0.2) is 84.0 Å². The van der Waals surface area contributed by atoms with Gasteiger partial charge in [-0.2, -0.15) is 5.10 Å². The molecule has 1 heterocycles. The molecule has 0 radical (unpaired) electrons. The summed E-state index contributed by atoms with van der Waals surface area (Å²) in [5.41, 5.74) is 5.83. The van der Waals surface area contributed by atoms with Gasteiger partial charge in [-0.05, 0) is 39.7 Å². The molecule has 1 atom stereocenters. The molecule has 3 aromatic rings. The van der Waals surface area contributed by atoms with Gasteiger partial charge in [0.15, 0.2) is 0 Å². The van der Waals surface area contributed by atoms with Gasteiger partial charge in [-0.3, -0.25) is 9.69 Å². The van der Waals surface area contributed by atoms with E-state index in [1.54, 1.807) is 11.2 Å². The Morgan fingerprint density at radius 1 is 0.848 bits per heavy atom. The molecular weight excluding hydrogens is 406 g/mol. The van der Waals surface area contributed by atoms with E-state index in [0.717, 1.165) is 11.1 Å². The molecule has 1 saturated heterocycles. The van der Waals surface area contributed by atoms with Gasteiger partial charge in [-0.1, -0.05) is 107 Å². The van der Waals surface area contributed by atoms with Gasteiger partial charge in [0, 0.05) is 6.54 Å². The summed E-state index contributed by atoms with van der Waals surface area (Å²) in [5.74, 6) is 0.965. The minimum absolute atomic E-state index is 0.0129. The van der Waals surface area contributed by atoms with Gasteiger partial charge in [0.25, 0.3) is 5.91 Å². The fourth-order valence-electron chi connectivity index (χ4n) is 4.21. The average Bonchev–Trinajstić information content (AvgIpc) is 3.13. The van der Waals surface area contributed by atoms with Crippen molar-refractivity contribution in [3.05, 3.63) is 107 Å². The Balaban J connectivity index is 1.63. The van der Waals surface area contributed by atoms with Crippen LogP contribution >= 0.6 is 0 Å². The SMILES string of the molecule is CC(C)c1ccc(/C=N\N2C(=O)CN(Cc3ccccc3)[C@H]2c2ccc(C(C)C)cc2)cc1. The van der Waals surface area contributed by atoms with Crippen LogP contribution in [0.2, 0.25) is 0 Å². The smallest absolute Gasteiger partial charge is 0.258 e. The van der Waals surface area contributed by atoms with Gasteiger partial charge in [0.2, 0.25) is 0 Å². The van der Waals surface area contributed by atoms with E-state index in [9.17, 15) is 4.79 Å². The van der Waals surface area contributed by atoms with E-state index >= 15 is 0 Å². The Labute approximate surface area is 197 Å². The minimum Gasteiger partial charge on any atom is -0.271 e. The summed E-state index contributed by atoms with van der Waals surface area (Å²) < 4.78 is 0. The van der Waals surface area contributed by atoms with Crippen molar-refractivity contribution in [2.45, 2.75) is 52.2 Å². The molecule has 3 aromatic carbocycles.